The van der Waals surface area contributed by atoms with Crippen LogP contribution in [0.2, 0.25) is 0 Å². The molecule has 0 heterocycles. The van der Waals surface area contributed by atoms with Gasteiger partial charge in [-0.1, -0.05) is 35.2 Å². The molecule has 15 heavy (non-hydrogen) atoms. The average molecular weight is 278 g/mol. The molecule has 0 aromatic heterocycles. The lowest BCUT2D eigenvalue weighted by molar-refractivity contribution is 0.134. The van der Waals surface area contributed by atoms with Crippen molar-refractivity contribution in [3.8, 4) is 0 Å². The van der Waals surface area contributed by atoms with Gasteiger partial charge in [-0.15, -0.1) is 0 Å². The predicted octanol–water partition coefficient (Wildman–Crippen LogP) is 3.05. The molecule has 0 N–H and O–H groups in total. The van der Waals surface area contributed by atoms with Gasteiger partial charge in [-0.05, 0) is 19.3 Å². The highest BCUT2D eigenvalue weighted by Gasteiger charge is 2.19. The Hall–Kier alpha value is 0.400. The van der Waals surface area contributed by atoms with Crippen LogP contribution >= 0.6 is 15.9 Å². The van der Waals surface area contributed by atoms with Gasteiger partial charge >= 0.3 is 0 Å². The summed E-state index contributed by atoms with van der Waals surface area (Å²) < 4.78 is 5.12. The lowest BCUT2D eigenvalue weighted by Gasteiger charge is -2.34. The number of ether oxygens (including phenoxy) is 1. The third-order valence-electron chi connectivity index (χ3n) is 3.26. The maximum Gasteiger partial charge on any atom is 0.0474 e. The lowest BCUT2D eigenvalue weighted by atomic mass is 9.94. The molecule has 1 fully saturated rings. The fourth-order valence-electron chi connectivity index (χ4n) is 2.44. The topological polar surface area (TPSA) is 12.5 Å². The molecule has 0 aromatic rings. The van der Waals surface area contributed by atoms with Crippen molar-refractivity contribution < 1.29 is 4.74 Å². The summed E-state index contributed by atoms with van der Waals surface area (Å²) in [5, 5.41) is 1.09. The van der Waals surface area contributed by atoms with E-state index in [0.717, 1.165) is 18.0 Å². The predicted molar refractivity (Wildman–Crippen MR) is 68.7 cm³/mol. The van der Waals surface area contributed by atoms with E-state index in [0.29, 0.717) is 0 Å². The van der Waals surface area contributed by atoms with Gasteiger partial charge in [0.05, 0.1) is 0 Å². The van der Waals surface area contributed by atoms with Gasteiger partial charge in [-0.2, -0.15) is 0 Å². The second kappa shape index (κ2) is 8.54. The number of hydrogen-bond acceptors (Lipinski definition) is 2. The number of rotatable bonds is 7. The van der Waals surface area contributed by atoms with E-state index in [1.54, 1.807) is 7.11 Å². The average Bonchev–Trinajstić information content (AvgIpc) is 2.29. The first kappa shape index (κ1) is 13.5. The molecular weight excluding hydrogens is 254 g/mol. The minimum absolute atomic E-state index is 0.841. The largest absolute Gasteiger partial charge is 0.385 e. The second-order valence-electron chi connectivity index (χ2n) is 4.36. The highest BCUT2D eigenvalue weighted by Crippen LogP contribution is 2.22. The van der Waals surface area contributed by atoms with Crippen molar-refractivity contribution in [3.05, 3.63) is 0 Å². The first-order chi connectivity index (χ1) is 7.38. The zero-order valence-corrected chi connectivity index (χ0v) is 11.5. The van der Waals surface area contributed by atoms with Crippen LogP contribution in [0.15, 0.2) is 0 Å². The quantitative estimate of drug-likeness (QED) is 0.524. The molecule has 0 spiro atoms. The van der Waals surface area contributed by atoms with Gasteiger partial charge in [0.2, 0.25) is 0 Å². The maximum absolute atomic E-state index is 5.12. The molecule has 0 aliphatic heterocycles. The smallest absolute Gasteiger partial charge is 0.0474 e. The molecule has 90 valence electrons. The van der Waals surface area contributed by atoms with Crippen LogP contribution < -0.4 is 0 Å². The highest BCUT2D eigenvalue weighted by atomic mass is 79.9. The molecule has 1 aliphatic carbocycles. The van der Waals surface area contributed by atoms with Crippen LogP contribution in [0.1, 0.15) is 38.5 Å². The molecule has 1 rings (SSSR count). The van der Waals surface area contributed by atoms with E-state index in [1.165, 1.54) is 51.6 Å². The molecule has 1 saturated carbocycles. The Morgan fingerprint density at radius 1 is 1.20 bits per heavy atom. The minimum atomic E-state index is 0.841. The van der Waals surface area contributed by atoms with Gasteiger partial charge in [0, 0.05) is 38.2 Å². The summed E-state index contributed by atoms with van der Waals surface area (Å²) in [4.78, 5) is 2.65. The summed E-state index contributed by atoms with van der Waals surface area (Å²) >= 11 is 3.55. The third kappa shape index (κ3) is 5.32. The van der Waals surface area contributed by atoms with Crippen LogP contribution in [-0.2, 0) is 4.74 Å². The second-order valence-corrected chi connectivity index (χ2v) is 5.16. The number of nitrogens with zero attached hydrogens (tertiary/aromatic N) is 1. The van der Waals surface area contributed by atoms with Crippen molar-refractivity contribution in [2.24, 2.45) is 0 Å². The van der Waals surface area contributed by atoms with E-state index in [4.69, 9.17) is 4.74 Å². The molecule has 3 heteroatoms. The summed E-state index contributed by atoms with van der Waals surface area (Å²) in [6.07, 6.45) is 8.26. The highest BCUT2D eigenvalue weighted by molar-refractivity contribution is 9.09. The molecule has 2 nitrogen and oxygen atoms in total. The van der Waals surface area contributed by atoms with E-state index in [1.807, 2.05) is 0 Å². The van der Waals surface area contributed by atoms with E-state index >= 15 is 0 Å². The first-order valence-corrected chi connectivity index (χ1v) is 7.29. The van der Waals surface area contributed by atoms with Crippen molar-refractivity contribution >= 4 is 15.9 Å². The van der Waals surface area contributed by atoms with Crippen molar-refractivity contribution in [2.75, 3.05) is 32.1 Å². The monoisotopic (exact) mass is 277 g/mol. The summed E-state index contributed by atoms with van der Waals surface area (Å²) in [5.74, 6) is 0. The van der Waals surface area contributed by atoms with Gasteiger partial charge in [0.15, 0.2) is 0 Å². The van der Waals surface area contributed by atoms with Gasteiger partial charge < -0.3 is 4.74 Å². The van der Waals surface area contributed by atoms with Gasteiger partial charge in [0.25, 0.3) is 0 Å². The van der Waals surface area contributed by atoms with E-state index in [-0.39, 0.29) is 0 Å². The van der Waals surface area contributed by atoms with E-state index < -0.39 is 0 Å². The lowest BCUT2D eigenvalue weighted by Crippen LogP contribution is -2.39. The van der Waals surface area contributed by atoms with Gasteiger partial charge in [-0.25, -0.2) is 0 Å². The molecule has 0 aromatic carbocycles. The van der Waals surface area contributed by atoms with Crippen molar-refractivity contribution in [1.29, 1.82) is 0 Å². The Labute approximate surface area is 102 Å². The van der Waals surface area contributed by atoms with Crippen LogP contribution in [0, 0.1) is 0 Å². The molecule has 0 unspecified atom stereocenters. The fraction of sp³-hybridized carbons (Fsp3) is 1.00. The molecule has 0 amide bonds. The molecular formula is C12H24BrNO. The molecule has 0 saturated heterocycles. The minimum Gasteiger partial charge on any atom is -0.385 e. The van der Waals surface area contributed by atoms with Gasteiger partial charge in [-0.3, -0.25) is 4.90 Å². The Kier molecular flexibility index (Phi) is 7.67. The van der Waals surface area contributed by atoms with Crippen LogP contribution in [0.5, 0.6) is 0 Å². The fourth-order valence-corrected chi connectivity index (χ4v) is 2.90. The third-order valence-corrected chi connectivity index (χ3v) is 3.61. The van der Waals surface area contributed by atoms with Crippen LogP contribution in [-0.4, -0.2) is 43.1 Å². The Morgan fingerprint density at radius 3 is 2.53 bits per heavy atom. The van der Waals surface area contributed by atoms with Gasteiger partial charge in [0.1, 0.15) is 0 Å². The van der Waals surface area contributed by atoms with Crippen LogP contribution in [0.4, 0.5) is 0 Å². The van der Waals surface area contributed by atoms with Crippen LogP contribution in [0.3, 0.4) is 0 Å². The zero-order chi connectivity index (χ0) is 10.9. The maximum atomic E-state index is 5.12. The van der Waals surface area contributed by atoms with E-state index in [9.17, 15) is 0 Å². The number of alkyl halides is 1. The number of halogens is 1. The Balaban J connectivity index is 2.26. The molecule has 0 bridgehead atoms. The normalized spacial score (nSPS) is 18.6. The summed E-state index contributed by atoms with van der Waals surface area (Å²) in [6, 6.07) is 0.841. The number of methoxy groups -OCH3 is 1. The summed E-state index contributed by atoms with van der Waals surface area (Å²) in [5.41, 5.74) is 0. The Morgan fingerprint density at radius 2 is 1.93 bits per heavy atom. The van der Waals surface area contributed by atoms with Crippen LogP contribution in [0.25, 0.3) is 0 Å². The first-order valence-electron chi connectivity index (χ1n) is 6.17. The zero-order valence-electron chi connectivity index (χ0n) is 9.88. The van der Waals surface area contributed by atoms with Crippen molar-refractivity contribution in [3.63, 3.8) is 0 Å². The molecule has 0 atom stereocenters. The van der Waals surface area contributed by atoms with Crippen molar-refractivity contribution in [2.45, 2.75) is 44.6 Å². The number of hydrogen-bond donors (Lipinski definition) is 0. The summed E-state index contributed by atoms with van der Waals surface area (Å²) in [6.45, 7) is 3.28. The summed E-state index contributed by atoms with van der Waals surface area (Å²) in [7, 11) is 1.79. The molecule has 0 radical (unpaired) electrons. The standard InChI is InChI=1S/C12H24BrNO/c1-15-11-5-9-14(10-8-13)12-6-3-2-4-7-12/h12H,2-11H2,1H3. The molecule has 1 aliphatic rings. The van der Waals surface area contributed by atoms with E-state index in [2.05, 4.69) is 20.8 Å². The SMILES string of the molecule is COCCCN(CCBr)C1CCCCC1. The van der Waals surface area contributed by atoms with Crippen molar-refractivity contribution in [1.82, 2.24) is 4.90 Å². The Bertz CT molecular complexity index is 149.